The van der Waals surface area contributed by atoms with Crippen molar-refractivity contribution in [2.45, 2.75) is 44.9 Å². The van der Waals surface area contributed by atoms with Crippen LogP contribution in [0.15, 0.2) is 0 Å². The molecule has 0 aliphatic heterocycles. The first-order valence-electron chi connectivity index (χ1n) is 4.63. The Balaban J connectivity index is 2.47. The molecule has 13 heavy (non-hydrogen) atoms. The second kappa shape index (κ2) is 3.86. The number of hydrogen-bond donors (Lipinski definition) is 1. The van der Waals surface area contributed by atoms with Crippen LogP contribution < -0.4 is 0 Å². The molecule has 0 aromatic rings. The number of aliphatic hydroxyl groups excluding tert-OH is 1. The van der Waals surface area contributed by atoms with E-state index in [1.54, 1.807) is 0 Å². The molecular weight excluding hydrogens is 181 g/mol. The zero-order valence-corrected chi connectivity index (χ0v) is 7.64. The fraction of sp³-hybridized carbons (Fsp3) is 1.00. The van der Waals surface area contributed by atoms with Crippen LogP contribution in [0.3, 0.4) is 0 Å². The molecule has 0 radical (unpaired) electrons. The average molecular weight is 196 g/mol. The molecule has 1 N–H and O–H groups in total. The van der Waals surface area contributed by atoms with Crippen molar-refractivity contribution < 1.29 is 18.3 Å². The Labute approximate surface area is 75.9 Å². The normalized spacial score (nSPS) is 36.2. The zero-order valence-electron chi connectivity index (χ0n) is 7.64. The summed E-state index contributed by atoms with van der Waals surface area (Å²) in [5.41, 5.74) is 0. The topological polar surface area (TPSA) is 20.2 Å². The molecule has 3 atom stereocenters. The maximum atomic E-state index is 12.0. The van der Waals surface area contributed by atoms with Crippen molar-refractivity contribution in [1.29, 1.82) is 0 Å². The molecule has 0 aromatic heterocycles. The van der Waals surface area contributed by atoms with E-state index in [0.717, 1.165) is 6.42 Å². The van der Waals surface area contributed by atoms with Crippen molar-refractivity contribution >= 4 is 0 Å². The number of halogens is 3. The second-order valence-corrected chi connectivity index (χ2v) is 4.06. The van der Waals surface area contributed by atoms with E-state index in [1.807, 2.05) is 6.92 Å². The van der Waals surface area contributed by atoms with E-state index in [9.17, 15) is 18.3 Å². The number of aliphatic hydroxyl groups is 1. The third-order valence-corrected chi connectivity index (χ3v) is 2.70. The first kappa shape index (κ1) is 10.8. The van der Waals surface area contributed by atoms with Gasteiger partial charge in [-0.3, -0.25) is 0 Å². The quantitative estimate of drug-likeness (QED) is 0.683. The Hall–Kier alpha value is -0.250. The van der Waals surface area contributed by atoms with E-state index in [4.69, 9.17) is 0 Å². The fourth-order valence-electron chi connectivity index (χ4n) is 2.00. The smallest absolute Gasteiger partial charge is 0.389 e. The number of hydrogen-bond acceptors (Lipinski definition) is 1. The minimum Gasteiger partial charge on any atom is -0.393 e. The molecule has 0 aromatic carbocycles. The molecule has 1 aliphatic carbocycles. The summed E-state index contributed by atoms with van der Waals surface area (Å²) in [5.74, 6) is -0.264. The Morgan fingerprint density at radius 1 is 1.31 bits per heavy atom. The van der Waals surface area contributed by atoms with Gasteiger partial charge in [0.05, 0.1) is 6.10 Å². The van der Waals surface area contributed by atoms with Gasteiger partial charge in [-0.25, -0.2) is 0 Å². The SMILES string of the molecule is CC1CCC(O)C(CC(F)(F)F)C1. The van der Waals surface area contributed by atoms with Crippen molar-refractivity contribution in [3.8, 4) is 0 Å². The minimum absolute atomic E-state index is 0.316. The lowest BCUT2D eigenvalue weighted by molar-refractivity contribution is -0.157. The first-order valence-corrected chi connectivity index (χ1v) is 4.63. The highest BCUT2D eigenvalue weighted by molar-refractivity contribution is 4.79. The van der Waals surface area contributed by atoms with Gasteiger partial charge < -0.3 is 5.11 Å². The summed E-state index contributed by atoms with van der Waals surface area (Å²) in [4.78, 5) is 0. The van der Waals surface area contributed by atoms with Crippen LogP contribution in [0.4, 0.5) is 13.2 Å². The van der Waals surface area contributed by atoms with Gasteiger partial charge in [0.2, 0.25) is 0 Å². The monoisotopic (exact) mass is 196 g/mol. The van der Waals surface area contributed by atoms with E-state index in [-0.39, 0.29) is 0 Å². The molecule has 0 saturated heterocycles. The summed E-state index contributed by atoms with van der Waals surface area (Å²) in [7, 11) is 0. The van der Waals surface area contributed by atoms with Crippen LogP contribution in [0.1, 0.15) is 32.6 Å². The van der Waals surface area contributed by atoms with E-state index in [1.165, 1.54) is 0 Å². The molecule has 1 nitrogen and oxygen atoms in total. The highest BCUT2D eigenvalue weighted by atomic mass is 19.4. The third kappa shape index (κ3) is 3.55. The predicted molar refractivity (Wildman–Crippen MR) is 43.2 cm³/mol. The second-order valence-electron chi connectivity index (χ2n) is 4.06. The number of rotatable bonds is 1. The largest absolute Gasteiger partial charge is 0.393 e. The molecule has 1 rings (SSSR count). The number of alkyl halides is 3. The molecular formula is C9H15F3O. The maximum Gasteiger partial charge on any atom is 0.389 e. The fourth-order valence-corrected chi connectivity index (χ4v) is 2.00. The van der Waals surface area contributed by atoms with E-state index >= 15 is 0 Å². The molecule has 0 heterocycles. The highest BCUT2D eigenvalue weighted by Gasteiger charge is 2.37. The summed E-state index contributed by atoms with van der Waals surface area (Å²) in [5, 5.41) is 9.35. The lowest BCUT2D eigenvalue weighted by Crippen LogP contribution is -2.31. The lowest BCUT2D eigenvalue weighted by atomic mass is 9.79. The summed E-state index contributed by atoms with van der Waals surface area (Å²) in [6.07, 6.45) is -3.86. The molecule has 3 unspecified atom stereocenters. The van der Waals surface area contributed by atoms with Gasteiger partial charge >= 0.3 is 6.18 Å². The van der Waals surface area contributed by atoms with Gasteiger partial charge in [-0.1, -0.05) is 6.92 Å². The zero-order chi connectivity index (χ0) is 10.1. The van der Waals surface area contributed by atoms with Crippen LogP contribution in [0.2, 0.25) is 0 Å². The Morgan fingerprint density at radius 3 is 2.46 bits per heavy atom. The summed E-state index contributed by atoms with van der Waals surface area (Å²) in [6, 6.07) is 0. The Bertz CT molecular complexity index is 167. The van der Waals surface area contributed by atoms with E-state index in [0.29, 0.717) is 18.8 Å². The third-order valence-electron chi connectivity index (χ3n) is 2.70. The molecule has 0 bridgehead atoms. The van der Waals surface area contributed by atoms with Gasteiger partial charge in [-0.15, -0.1) is 0 Å². The Kier molecular flexibility index (Phi) is 3.22. The van der Waals surface area contributed by atoms with E-state index in [2.05, 4.69) is 0 Å². The van der Waals surface area contributed by atoms with Gasteiger partial charge in [-0.2, -0.15) is 13.2 Å². The van der Waals surface area contributed by atoms with Gasteiger partial charge in [0.15, 0.2) is 0 Å². The van der Waals surface area contributed by atoms with Crippen LogP contribution in [0, 0.1) is 11.8 Å². The summed E-state index contributed by atoms with van der Waals surface area (Å²) < 4.78 is 36.1. The van der Waals surface area contributed by atoms with E-state index < -0.39 is 24.6 Å². The maximum absolute atomic E-state index is 12.0. The molecule has 1 saturated carbocycles. The molecule has 1 fully saturated rings. The van der Waals surface area contributed by atoms with Crippen molar-refractivity contribution in [3.63, 3.8) is 0 Å². The van der Waals surface area contributed by atoms with Gasteiger partial charge in [0.25, 0.3) is 0 Å². The van der Waals surface area contributed by atoms with Crippen LogP contribution in [-0.4, -0.2) is 17.4 Å². The molecule has 0 spiro atoms. The highest BCUT2D eigenvalue weighted by Crippen LogP contribution is 2.36. The molecule has 78 valence electrons. The standard InChI is InChI=1S/C9H15F3O/c1-6-2-3-8(13)7(4-6)5-9(10,11)12/h6-8,13H,2-5H2,1H3. The van der Waals surface area contributed by atoms with Crippen LogP contribution in [0.25, 0.3) is 0 Å². The predicted octanol–water partition coefficient (Wildman–Crippen LogP) is 2.74. The summed E-state index contributed by atoms with van der Waals surface area (Å²) in [6.45, 7) is 1.94. The van der Waals surface area contributed by atoms with Crippen LogP contribution >= 0.6 is 0 Å². The van der Waals surface area contributed by atoms with Gasteiger partial charge in [-0.05, 0) is 31.1 Å². The molecule has 1 aliphatic rings. The average Bonchev–Trinajstić information content (AvgIpc) is 1.94. The van der Waals surface area contributed by atoms with Gasteiger partial charge in [0.1, 0.15) is 0 Å². The lowest BCUT2D eigenvalue weighted by Gasteiger charge is -2.32. The first-order chi connectivity index (χ1) is 5.88. The van der Waals surface area contributed by atoms with Crippen molar-refractivity contribution in [1.82, 2.24) is 0 Å². The molecule has 0 amide bonds. The minimum atomic E-state index is -4.14. The molecule has 4 heteroatoms. The summed E-state index contributed by atoms with van der Waals surface area (Å²) >= 11 is 0. The van der Waals surface area contributed by atoms with Crippen LogP contribution in [-0.2, 0) is 0 Å². The van der Waals surface area contributed by atoms with Crippen molar-refractivity contribution in [3.05, 3.63) is 0 Å². The van der Waals surface area contributed by atoms with Gasteiger partial charge in [0, 0.05) is 6.42 Å². The Morgan fingerprint density at radius 2 is 1.92 bits per heavy atom. The van der Waals surface area contributed by atoms with Crippen molar-refractivity contribution in [2.75, 3.05) is 0 Å². The van der Waals surface area contributed by atoms with Crippen LogP contribution in [0.5, 0.6) is 0 Å². The van der Waals surface area contributed by atoms with Crippen molar-refractivity contribution in [2.24, 2.45) is 11.8 Å².